The van der Waals surface area contributed by atoms with Gasteiger partial charge in [-0.3, -0.25) is 4.79 Å². The first-order valence-electron chi connectivity index (χ1n) is 4.94. The SMILES string of the molecule is Cc1ncnc2c1C(CC(=O)O)NCC2. The molecule has 0 saturated carbocycles. The summed E-state index contributed by atoms with van der Waals surface area (Å²) in [6.07, 6.45) is 2.47. The van der Waals surface area contributed by atoms with Gasteiger partial charge in [0.1, 0.15) is 6.33 Å². The van der Waals surface area contributed by atoms with Gasteiger partial charge in [-0.2, -0.15) is 0 Å². The van der Waals surface area contributed by atoms with E-state index in [9.17, 15) is 4.79 Å². The summed E-state index contributed by atoms with van der Waals surface area (Å²) in [6, 6.07) is -0.146. The topological polar surface area (TPSA) is 75.1 Å². The highest BCUT2D eigenvalue weighted by molar-refractivity contribution is 5.68. The van der Waals surface area contributed by atoms with Crippen molar-refractivity contribution in [1.82, 2.24) is 15.3 Å². The standard InChI is InChI=1S/C10H13N3O2/c1-6-10-7(13-5-12-6)2-3-11-8(10)4-9(14)15/h5,8,11H,2-4H2,1H3,(H,14,15). The van der Waals surface area contributed by atoms with Crippen molar-refractivity contribution in [3.63, 3.8) is 0 Å². The molecule has 15 heavy (non-hydrogen) atoms. The lowest BCUT2D eigenvalue weighted by molar-refractivity contribution is -0.137. The summed E-state index contributed by atoms with van der Waals surface area (Å²) in [6.45, 7) is 2.67. The molecule has 2 heterocycles. The second kappa shape index (κ2) is 3.94. The van der Waals surface area contributed by atoms with Crippen LogP contribution in [0.15, 0.2) is 6.33 Å². The zero-order valence-electron chi connectivity index (χ0n) is 8.53. The fourth-order valence-electron chi connectivity index (χ4n) is 2.00. The van der Waals surface area contributed by atoms with Gasteiger partial charge >= 0.3 is 5.97 Å². The van der Waals surface area contributed by atoms with Crippen LogP contribution in [-0.4, -0.2) is 27.6 Å². The molecule has 0 radical (unpaired) electrons. The summed E-state index contributed by atoms with van der Waals surface area (Å²) in [5, 5.41) is 12.0. The van der Waals surface area contributed by atoms with Crippen LogP contribution in [0.5, 0.6) is 0 Å². The third-order valence-corrected chi connectivity index (χ3v) is 2.65. The number of nitrogens with one attached hydrogen (secondary N) is 1. The summed E-state index contributed by atoms with van der Waals surface area (Å²) in [7, 11) is 0. The maximum absolute atomic E-state index is 10.7. The number of carbonyl (C=O) groups is 1. The van der Waals surface area contributed by atoms with E-state index in [-0.39, 0.29) is 12.5 Å². The summed E-state index contributed by atoms with van der Waals surface area (Å²) >= 11 is 0. The third kappa shape index (κ3) is 1.97. The van der Waals surface area contributed by atoms with Crippen LogP contribution in [0.3, 0.4) is 0 Å². The highest BCUT2D eigenvalue weighted by Gasteiger charge is 2.24. The molecule has 2 N–H and O–H groups in total. The van der Waals surface area contributed by atoms with Gasteiger partial charge in [-0.05, 0) is 6.92 Å². The molecule has 0 aliphatic carbocycles. The zero-order chi connectivity index (χ0) is 10.8. The van der Waals surface area contributed by atoms with Gasteiger partial charge in [0, 0.05) is 30.3 Å². The lowest BCUT2D eigenvalue weighted by atomic mass is 9.95. The van der Waals surface area contributed by atoms with Crippen LogP contribution < -0.4 is 5.32 Å². The van der Waals surface area contributed by atoms with Gasteiger partial charge in [0.25, 0.3) is 0 Å². The second-order valence-corrected chi connectivity index (χ2v) is 3.67. The summed E-state index contributed by atoms with van der Waals surface area (Å²) in [4.78, 5) is 19.0. The molecule has 2 rings (SSSR count). The molecular weight excluding hydrogens is 194 g/mol. The number of carboxylic acids is 1. The van der Waals surface area contributed by atoms with Crippen LogP contribution in [0, 0.1) is 6.92 Å². The first-order chi connectivity index (χ1) is 7.18. The van der Waals surface area contributed by atoms with Crippen LogP contribution in [0.2, 0.25) is 0 Å². The molecule has 0 fully saturated rings. The van der Waals surface area contributed by atoms with E-state index >= 15 is 0 Å². The molecule has 1 aromatic heterocycles. The van der Waals surface area contributed by atoms with Crippen LogP contribution >= 0.6 is 0 Å². The van der Waals surface area contributed by atoms with Crippen molar-refractivity contribution < 1.29 is 9.90 Å². The Hall–Kier alpha value is -1.49. The molecule has 1 aliphatic rings. The van der Waals surface area contributed by atoms with Crippen molar-refractivity contribution in [1.29, 1.82) is 0 Å². The van der Waals surface area contributed by atoms with Gasteiger partial charge in [0.2, 0.25) is 0 Å². The molecule has 1 atom stereocenters. The summed E-state index contributed by atoms with van der Waals surface area (Å²) in [5.74, 6) is -0.802. The Kier molecular flexibility index (Phi) is 2.64. The number of aromatic nitrogens is 2. The van der Waals surface area contributed by atoms with Crippen molar-refractivity contribution in [2.45, 2.75) is 25.8 Å². The van der Waals surface area contributed by atoms with E-state index in [4.69, 9.17) is 5.11 Å². The van der Waals surface area contributed by atoms with E-state index in [0.29, 0.717) is 0 Å². The van der Waals surface area contributed by atoms with Crippen molar-refractivity contribution in [2.75, 3.05) is 6.54 Å². The minimum absolute atomic E-state index is 0.0845. The number of hydrogen-bond donors (Lipinski definition) is 2. The molecule has 5 nitrogen and oxygen atoms in total. The van der Waals surface area contributed by atoms with E-state index in [0.717, 1.165) is 29.9 Å². The van der Waals surface area contributed by atoms with Crippen LogP contribution in [0.25, 0.3) is 0 Å². The van der Waals surface area contributed by atoms with Gasteiger partial charge < -0.3 is 10.4 Å². The first-order valence-corrected chi connectivity index (χ1v) is 4.94. The Bertz CT molecular complexity index is 392. The van der Waals surface area contributed by atoms with Crippen molar-refractivity contribution in [2.24, 2.45) is 0 Å². The molecule has 0 bridgehead atoms. The largest absolute Gasteiger partial charge is 0.481 e. The van der Waals surface area contributed by atoms with Crippen LogP contribution in [0.4, 0.5) is 0 Å². The Morgan fingerprint density at radius 3 is 3.20 bits per heavy atom. The monoisotopic (exact) mass is 207 g/mol. The van der Waals surface area contributed by atoms with Gasteiger partial charge in [-0.1, -0.05) is 0 Å². The van der Waals surface area contributed by atoms with Crippen LogP contribution in [0.1, 0.15) is 29.4 Å². The number of hydrogen-bond acceptors (Lipinski definition) is 4. The molecule has 0 aromatic carbocycles. The highest BCUT2D eigenvalue weighted by Crippen LogP contribution is 2.25. The smallest absolute Gasteiger partial charge is 0.305 e. The first kappa shape index (κ1) is 10.0. The van der Waals surface area contributed by atoms with Crippen molar-refractivity contribution in [3.05, 3.63) is 23.3 Å². The molecule has 1 aliphatic heterocycles. The molecule has 5 heteroatoms. The van der Waals surface area contributed by atoms with E-state index < -0.39 is 5.97 Å². The average molecular weight is 207 g/mol. The number of carboxylic acid groups (broad SMARTS) is 1. The molecule has 1 unspecified atom stereocenters. The highest BCUT2D eigenvalue weighted by atomic mass is 16.4. The molecule has 0 amide bonds. The lowest BCUT2D eigenvalue weighted by Gasteiger charge is -2.25. The average Bonchev–Trinajstić information content (AvgIpc) is 2.17. The molecule has 0 saturated heterocycles. The molecule has 0 spiro atoms. The number of aryl methyl sites for hydroxylation is 1. The van der Waals surface area contributed by atoms with Gasteiger partial charge in [0.15, 0.2) is 0 Å². The molecule has 1 aromatic rings. The number of nitrogens with zero attached hydrogens (tertiary/aromatic N) is 2. The number of rotatable bonds is 2. The maximum atomic E-state index is 10.7. The predicted octanol–water partition coefficient (Wildman–Crippen LogP) is 0.447. The van der Waals surface area contributed by atoms with Gasteiger partial charge in [-0.25, -0.2) is 9.97 Å². The van der Waals surface area contributed by atoms with Crippen LogP contribution in [-0.2, 0) is 11.2 Å². The van der Waals surface area contributed by atoms with E-state index in [1.807, 2.05) is 6.92 Å². The fourth-order valence-corrected chi connectivity index (χ4v) is 2.00. The Morgan fingerprint density at radius 2 is 2.47 bits per heavy atom. The van der Waals surface area contributed by atoms with E-state index in [1.54, 1.807) is 0 Å². The minimum Gasteiger partial charge on any atom is -0.481 e. The fraction of sp³-hybridized carbons (Fsp3) is 0.500. The Balaban J connectivity index is 2.36. The number of aliphatic carboxylic acids is 1. The predicted molar refractivity (Wildman–Crippen MR) is 53.5 cm³/mol. The number of fused-ring (bicyclic) bond motifs is 1. The Labute approximate surface area is 87.6 Å². The Morgan fingerprint density at radius 1 is 1.67 bits per heavy atom. The second-order valence-electron chi connectivity index (χ2n) is 3.67. The maximum Gasteiger partial charge on any atom is 0.305 e. The molecular formula is C10H13N3O2. The van der Waals surface area contributed by atoms with Gasteiger partial charge in [-0.15, -0.1) is 0 Å². The lowest BCUT2D eigenvalue weighted by Crippen LogP contribution is -2.33. The normalized spacial score (nSPS) is 19.7. The molecule has 80 valence electrons. The van der Waals surface area contributed by atoms with E-state index in [1.165, 1.54) is 6.33 Å². The summed E-state index contributed by atoms with van der Waals surface area (Å²) < 4.78 is 0. The van der Waals surface area contributed by atoms with Crippen molar-refractivity contribution >= 4 is 5.97 Å². The third-order valence-electron chi connectivity index (χ3n) is 2.65. The van der Waals surface area contributed by atoms with Gasteiger partial charge in [0.05, 0.1) is 12.1 Å². The quantitative estimate of drug-likeness (QED) is 0.736. The minimum atomic E-state index is -0.802. The van der Waals surface area contributed by atoms with Crippen molar-refractivity contribution in [3.8, 4) is 0 Å². The zero-order valence-corrected chi connectivity index (χ0v) is 8.53. The summed E-state index contributed by atoms with van der Waals surface area (Å²) in [5.41, 5.74) is 2.82. The van der Waals surface area contributed by atoms with E-state index in [2.05, 4.69) is 15.3 Å².